The number of likely N-dealkylation sites (N-methyl/N-ethyl adjacent to an activating group) is 1. The highest BCUT2D eigenvalue weighted by molar-refractivity contribution is 9.10. The summed E-state index contributed by atoms with van der Waals surface area (Å²) in [6, 6.07) is 9.38. The van der Waals surface area contributed by atoms with Gasteiger partial charge in [-0.15, -0.1) is 0 Å². The molecule has 1 aliphatic heterocycles. The fourth-order valence-corrected chi connectivity index (χ4v) is 5.17. The Kier molecular flexibility index (Phi) is 7.97. The van der Waals surface area contributed by atoms with Crippen molar-refractivity contribution < 1.29 is 19.1 Å². The molecule has 0 aromatic heterocycles. The zero-order valence-corrected chi connectivity index (χ0v) is 21.4. The third-order valence-corrected chi connectivity index (χ3v) is 6.80. The number of carbonyl (C=O) groups excluding carboxylic acids is 2. The highest BCUT2D eigenvalue weighted by Gasteiger charge is 2.30. The molecule has 0 bridgehead atoms. The van der Waals surface area contributed by atoms with Crippen LogP contribution in [0.2, 0.25) is 0 Å². The van der Waals surface area contributed by atoms with Gasteiger partial charge in [0.25, 0.3) is 11.8 Å². The van der Waals surface area contributed by atoms with Gasteiger partial charge >= 0.3 is 0 Å². The first-order chi connectivity index (χ1) is 15.2. The topological polar surface area (TPSA) is 67.9 Å². The smallest absolute Gasteiger partial charge is 0.266 e. The maximum atomic E-state index is 12.5. The summed E-state index contributed by atoms with van der Waals surface area (Å²) in [6.07, 6.45) is 1.76. The molecule has 2 aromatic carbocycles. The number of amides is 2. The van der Waals surface area contributed by atoms with E-state index in [9.17, 15) is 9.59 Å². The predicted octanol–water partition coefficient (Wildman–Crippen LogP) is 5.31. The Morgan fingerprint density at radius 1 is 1.28 bits per heavy atom. The second kappa shape index (κ2) is 10.5. The van der Waals surface area contributed by atoms with Crippen molar-refractivity contribution >= 4 is 67.8 Å². The first kappa shape index (κ1) is 24.3. The first-order valence-corrected chi connectivity index (χ1v) is 11.9. The van der Waals surface area contributed by atoms with Crippen molar-refractivity contribution in [2.75, 3.05) is 25.6 Å². The summed E-state index contributed by atoms with van der Waals surface area (Å²) in [5, 5.41) is 2.90. The van der Waals surface area contributed by atoms with Gasteiger partial charge in [-0.2, -0.15) is 0 Å². The average molecular weight is 535 g/mol. The molecule has 3 rings (SSSR count). The van der Waals surface area contributed by atoms with Crippen molar-refractivity contribution in [3.63, 3.8) is 0 Å². The van der Waals surface area contributed by atoms with Crippen LogP contribution in [-0.4, -0.2) is 41.3 Å². The molecule has 0 saturated carbocycles. The maximum Gasteiger partial charge on any atom is 0.266 e. The van der Waals surface area contributed by atoms with E-state index in [0.717, 1.165) is 22.4 Å². The molecular weight excluding hydrogens is 512 g/mol. The highest BCUT2D eigenvalue weighted by atomic mass is 79.9. The summed E-state index contributed by atoms with van der Waals surface area (Å²) in [5.74, 6) is 0.462. The third-order valence-electron chi connectivity index (χ3n) is 4.83. The molecule has 1 saturated heterocycles. The number of thiocarbonyl (C=S) groups is 1. The molecule has 168 valence electrons. The van der Waals surface area contributed by atoms with Gasteiger partial charge in [-0.05, 0) is 71.6 Å². The Bertz CT molecular complexity index is 1100. The standard InChI is InChI=1S/C23H23BrN2O4S2/c1-5-26-22(28)18(32-23(26)31)11-15-9-16(24)21(17(10-15)29-4)30-12-19(27)25-20-13(2)7-6-8-14(20)3/h6-11H,5,12H2,1-4H3,(H,25,27)/b18-11-. The third kappa shape index (κ3) is 5.33. The summed E-state index contributed by atoms with van der Waals surface area (Å²) in [7, 11) is 1.52. The lowest BCUT2D eigenvalue weighted by molar-refractivity contribution is -0.122. The number of nitrogens with zero attached hydrogens (tertiary/aromatic N) is 1. The molecule has 0 spiro atoms. The van der Waals surface area contributed by atoms with Gasteiger partial charge in [-0.3, -0.25) is 14.5 Å². The van der Waals surface area contributed by atoms with Crippen molar-refractivity contribution in [2.45, 2.75) is 20.8 Å². The van der Waals surface area contributed by atoms with Gasteiger partial charge < -0.3 is 14.8 Å². The van der Waals surface area contributed by atoms with E-state index < -0.39 is 0 Å². The fourth-order valence-electron chi connectivity index (χ4n) is 3.21. The minimum absolute atomic E-state index is 0.110. The van der Waals surface area contributed by atoms with E-state index in [1.807, 2.05) is 39.0 Å². The van der Waals surface area contributed by atoms with Gasteiger partial charge in [-0.25, -0.2) is 0 Å². The van der Waals surface area contributed by atoms with Gasteiger partial charge in [0.1, 0.15) is 4.32 Å². The van der Waals surface area contributed by atoms with E-state index in [1.165, 1.54) is 18.9 Å². The number of halogens is 1. The molecule has 0 radical (unpaired) electrons. The molecule has 0 aliphatic carbocycles. The Morgan fingerprint density at radius 3 is 2.56 bits per heavy atom. The number of thioether (sulfide) groups is 1. The summed E-state index contributed by atoms with van der Waals surface area (Å²) >= 11 is 10.0. The normalized spacial score (nSPS) is 14.8. The van der Waals surface area contributed by atoms with E-state index >= 15 is 0 Å². The van der Waals surface area contributed by atoms with Crippen LogP contribution in [0.25, 0.3) is 6.08 Å². The van der Waals surface area contributed by atoms with Crippen LogP contribution in [0.1, 0.15) is 23.6 Å². The van der Waals surface area contributed by atoms with E-state index in [4.69, 9.17) is 21.7 Å². The monoisotopic (exact) mass is 534 g/mol. The second-order valence-corrected chi connectivity index (χ2v) is 9.59. The Labute approximate surface area is 205 Å². The molecule has 32 heavy (non-hydrogen) atoms. The van der Waals surface area contributed by atoms with Crippen LogP contribution in [0, 0.1) is 13.8 Å². The average Bonchev–Trinajstić information content (AvgIpc) is 3.01. The van der Waals surface area contributed by atoms with Crippen molar-refractivity contribution in [1.29, 1.82) is 0 Å². The van der Waals surface area contributed by atoms with Gasteiger partial charge in [0.15, 0.2) is 18.1 Å². The minimum atomic E-state index is -0.274. The molecule has 1 heterocycles. The molecule has 1 aliphatic rings. The van der Waals surface area contributed by atoms with E-state index in [0.29, 0.717) is 31.7 Å². The number of aryl methyl sites for hydroxylation is 2. The molecule has 1 N–H and O–H groups in total. The van der Waals surface area contributed by atoms with Crippen LogP contribution in [0.4, 0.5) is 5.69 Å². The largest absolute Gasteiger partial charge is 0.493 e. The molecule has 0 unspecified atom stereocenters. The number of carbonyl (C=O) groups is 2. The summed E-state index contributed by atoms with van der Waals surface area (Å²) in [5.41, 5.74) is 3.49. The van der Waals surface area contributed by atoms with Crippen molar-refractivity contribution in [1.82, 2.24) is 4.90 Å². The van der Waals surface area contributed by atoms with Crippen LogP contribution in [0.15, 0.2) is 39.7 Å². The lowest BCUT2D eigenvalue weighted by atomic mass is 10.1. The molecule has 9 heteroatoms. The summed E-state index contributed by atoms with van der Waals surface area (Å²) in [6.45, 7) is 6.12. The quantitative estimate of drug-likeness (QED) is 0.383. The van der Waals surface area contributed by atoms with E-state index in [2.05, 4.69) is 21.2 Å². The zero-order chi connectivity index (χ0) is 23.4. The van der Waals surface area contributed by atoms with Crippen LogP contribution in [0.3, 0.4) is 0 Å². The zero-order valence-electron chi connectivity index (χ0n) is 18.2. The van der Waals surface area contributed by atoms with Gasteiger partial charge in [0.05, 0.1) is 16.5 Å². The lowest BCUT2D eigenvalue weighted by Gasteiger charge is -2.15. The second-order valence-electron chi connectivity index (χ2n) is 7.06. The van der Waals surface area contributed by atoms with Crippen LogP contribution in [0.5, 0.6) is 11.5 Å². The van der Waals surface area contributed by atoms with Crippen molar-refractivity contribution in [3.05, 3.63) is 56.4 Å². The molecule has 6 nitrogen and oxygen atoms in total. The van der Waals surface area contributed by atoms with Crippen molar-refractivity contribution in [3.8, 4) is 11.5 Å². The number of methoxy groups -OCH3 is 1. The Morgan fingerprint density at radius 2 is 1.97 bits per heavy atom. The maximum absolute atomic E-state index is 12.5. The SMILES string of the molecule is CCN1C(=O)/C(=C/c2cc(Br)c(OCC(=O)Nc3c(C)cccc3C)c(OC)c2)SC1=S. The first-order valence-electron chi connectivity index (χ1n) is 9.86. The van der Waals surface area contributed by atoms with Gasteiger partial charge in [0.2, 0.25) is 0 Å². The molecule has 0 atom stereocenters. The number of hydrogen-bond donors (Lipinski definition) is 1. The van der Waals surface area contributed by atoms with Crippen LogP contribution < -0.4 is 14.8 Å². The van der Waals surface area contributed by atoms with E-state index in [-0.39, 0.29) is 18.4 Å². The van der Waals surface area contributed by atoms with Crippen LogP contribution >= 0.6 is 39.9 Å². The number of nitrogens with one attached hydrogen (secondary N) is 1. The Hall–Kier alpha value is -2.36. The number of hydrogen-bond acceptors (Lipinski definition) is 6. The number of para-hydroxylation sites is 1. The fraction of sp³-hybridized carbons (Fsp3) is 0.261. The minimum Gasteiger partial charge on any atom is -0.493 e. The lowest BCUT2D eigenvalue weighted by Crippen LogP contribution is -2.27. The van der Waals surface area contributed by atoms with Gasteiger partial charge in [-0.1, -0.05) is 42.2 Å². The molecule has 2 amide bonds. The van der Waals surface area contributed by atoms with Crippen LogP contribution in [-0.2, 0) is 9.59 Å². The summed E-state index contributed by atoms with van der Waals surface area (Å²) < 4.78 is 12.4. The van der Waals surface area contributed by atoms with E-state index in [1.54, 1.807) is 23.1 Å². The Balaban J connectivity index is 1.76. The predicted molar refractivity (Wildman–Crippen MR) is 136 cm³/mol. The number of anilines is 1. The van der Waals surface area contributed by atoms with Crippen molar-refractivity contribution in [2.24, 2.45) is 0 Å². The van der Waals surface area contributed by atoms with Gasteiger partial charge in [0, 0.05) is 12.2 Å². The number of rotatable bonds is 7. The number of benzene rings is 2. The molecular formula is C23H23BrN2O4S2. The number of ether oxygens (including phenoxy) is 2. The highest BCUT2D eigenvalue weighted by Crippen LogP contribution is 2.39. The molecule has 1 fully saturated rings. The summed E-state index contributed by atoms with van der Waals surface area (Å²) in [4.78, 5) is 27.0. The molecule has 2 aromatic rings.